The third-order valence-corrected chi connectivity index (χ3v) is 3.15. The predicted molar refractivity (Wildman–Crippen MR) is 69.3 cm³/mol. The zero-order valence-corrected chi connectivity index (χ0v) is 10.9. The molecule has 1 saturated carbocycles. The van der Waals surface area contributed by atoms with Crippen LogP contribution in [0.1, 0.15) is 24.4 Å². The average molecular weight is 279 g/mol. The molecule has 1 aliphatic rings. The van der Waals surface area contributed by atoms with E-state index in [9.17, 15) is 8.78 Å². The van der Waals surface area contributed by atoms with Crippen molar-refractivity contribution >= 4 is 0 Å². The van der Waals surface area contributed by atoms with Gasteiger partial charge in [0.1, 0.15) is 18.1 Å². The molecule has 0 atom stereocenters. The quantitative estimate of drug-likeness (QED) is 0.880. The van der Waals surface area contributed by atoms with E-state index in [2.05, 4.69) is 5.32 Å². The van der Waals surface area contributed by atoms with Crippen molar-refractivity contribution in [2.45, 2.75) is 32.0 Å². The van der Waals surface area contributed by atoms with Crippen molar-refractivity contribution in [3.05, 3.63) is 53.5 Å². The van der Waals surface area contributed by atoms with Gasteiger partial charge in [-0.25, -0.2) is 4.39 Å². The van der Waals surface area contributed by atoms with Crippen LogP contribution in [0, 0.1) is 11.6 Å². The van der Waals surface area contributed by atoms with Crippen molar-refractivity contribution in [3.63, 3.8) is 0 Å². The summed E-state index contributed by atoms with van der Waals surface area (Å²) in [6.07, 6.45) is 2.44. The molecule has 1 aromatic carbocycles. The molecule has 0 bridgehead atoms. The van der Waals surface area contributed by atoms with Gasteiger partial charge in [0, 0.05) is 6.04 Å². The fraction of sp³-hybridized carbons (Fsp3) is 0.333. The van der Waals surface area contributed by atoms with Crippen molar-refractivity contribution in [2.24, 2.45) is 0 Å². The van der Waals surface area contributed by atoms with Crippen LogP contribution in [0.15, 0.2) is 34.7 Å². The highest BCUT2D eigenvalue weighted by Crippen LogP contribution is 2.22. The Kier molecular flexibility index (Phi) is 3.69. The van der Waals surface area contributed by atoms with Gasteiger partial charge in [-0.05, 0) is 37.1 Å². The monoisotopic (exact) mass is 279 g/mol. The molecule has 5 heteroatoms. The summed E-state index contributed by atoms with van der Waals surface area (Å²) in [6.45, 7) is 0.753. The number of furan rings is 1. The number of nitrogens with one attached hydrogen (secondary N) is 1. The first-order valence-electron chi connectivity index (χ1n) is 6.60. The molecule has 0 unspecified atom stereocenters. The van der Waals surface area contributed by atoms with Gasteiger partial charge in [-0.15, -0.1) is 0 Å². The van der Waals surface area contributed by atoms with Crippen molar-refractivity contribution in [2.75, 3.05) is 0 Å². The summed E-state index contributed by atoms with van der Waals surface area (Å²) in [5.41, 5.74) is 0. The Hall–Kier alpha value is -1.88. The zero-order chi connectivity index (χ0) is 13.9. The fourth-order valence-corrected chi connectivity index (χ4v) is 1.87. The molecule has 0 amide bonds. The van der Waals surface area contributed by atoms with E-state index in [-0.39, 0.29) is 12.4 Å². The third kappa shape index (κ3) is 3.17. The molecule has 0 aliphatic heterocycles. The predicted octanol–water partition coefficient (Wildman–Crippen LogP) is 3.39. The lowest BCUT2D eigenvalue weighted by Crippen LogP contribution is -2.14. The number of benzene rings is 1. The largest absolute Gasteiger partial charge is 0.482 e. The maximum atomic E-state index is 13.4. The smallest absolute Gasteiger partial charge is 0.200 e. The molecule has 1 heterocycles. The number of ether oxygens (including phenoxy) is 1. The van der Waals surface area contributed by atoms with Crippen molar-refractivity contribution in [1.82, 2.24) is 5.32 Å². The molecule has 20 heavy (non-hydrogen) atoms. The van der Waals surface area contributed by atoms with Crippen molar-refractivity contribution in [3.8, 4) is 5.75 Å². The third-order valence-electron chi connectivity index (χ3n) is 3.15. The van der Waals surface area contributed by atoms with E-state index >= 15 is 0 Å². The van der Waals surface area contributed by atoms with E-state index in [1.54, 1.807) is 6.07 Å². The number of hydrogen-bond donors (Lipinski definition) is 1. The highest BCUT2D eigenvalue weighted by Gasteiger charge is 2.20. The molecule has 3 rings (SSSR count). The van der Waals surface area contributed by atoms with Crippen LogP contribution < -0.4 is 10.1 Å². The molecular formula is C15H15F2NO2. The zero-order valence-electron chi connectivity index (χ0n) is 10.9. The Bertz CT molecular complexity index is 593. The fourth-order valence-electron chi connectivity index (χ4n) is 1.87. The molecule has 0 spiro atoms. The topological polar surface area (TPSA) is 34.4 Å². The van der Waals surface area contributed by atoms with Gasteiger partial charge in [0.2, 0.25) is 5.82 Å². The number of hydrogen-bond acceptors (Lipinski definition) is 3. The number of rotatable bonds is 6. The Morgan fingerprint density at radius 1 is 1.15 bits per heavy atom. The summed E-state index contributed by atoms with van der Waals surface area (Å²) in [6, 6.07) is 8.09. The molecule has 1 aromatic heterocycles. The van der Waals surface area contributed by atoms with Crippen molar-refractivity contribution < 1.29 is 17.9 Å². The molecule has 1 N–H and O–H groups in total. The lowest BCUT2D eigenvalue weighted by molar-refractivity contribution is 0.250. The van der Waals surface area contributed by atoms with Gasteiger partial charge in [0.05, 0.1) is 6.54 Å². The maximum absolute atomic E-state index is 13.4. The Morgan fingerprint density at radius 2 is 1.95 bits per heavy atom. The van der Waals surface area contributed by atoms with Crippen LogP contribution in [0.25, 0.3) is 0 Å². The average Bonchev–Trinajstić information content (AvgIpc) is 3.17. The molecule has 0 saturated heterocycles. The summed E-state index contributed by atoms with van der Waals surface area (Å²) in [7, 11) is 0. The van der Waals surface area contributed by atoms with Crippen LogP contribution in [-0.4, -0.2) is 6.04 Å². The van der Waals surface area contributed by atoms with Gasteiger partial charge < -0.3 is 14.5 Å². The molecule has 2 aromatic rings. The summed E-state index contributed by atoms with van der Waals surface area (Å²) >= 11 is 0. The van der Waals surface area contributed by atoms with Crippen molar-refractivity contribution in [1.29, 1.82) is 0 Å². The summed E-state index contributed by atoms with van der Waals surface area (Å²) in [5, 5.41) is 3.33. The van der Waals surface area contributed by atoms with Crippen LogP contribution in [-0.2, 0) is 13.2 Å². The standard InChI is InChI=1S/C15H15F2NO2/c16-13-2-1-3-14(15(13)17)19-9-12-7-6-11(20-12)8-18-10-4-5-10/h1-3,6-7,10,18H,4-5,8-9H2. The van der Waals surface area contributed by atoms with E-state index in [0.717, 1.165) is 11.8 Å². The summed E-state index contributed by atoms with van der Waals surface area (Å²) < 4.78 is 37.2. The van der Waals surface area contributed by atoms with Gasteiger partial charge in [-0.3, -0.25) is 0 Å². The van der Waals surface area contributed by atoms with Gasteiger partial charge in [-0.2, -0.15) is 4.39 Å². The minimum absolute atomic E-state index is 0.0732. The normalized spacial score (nSPS) is 14.5. The second-order valence-corrected chi connectivity index (χ2v) is 4.86. The van der Waals surface area contributed by atoms with E-state index < -0.39 is 11.6 Å². The van der Waals surface area contributed by atoms with Crippen LogP contribution in [0.2, 0.25) is 0 Å². The Balaban J connectivity index is 1.56. The van der Waals surface area contributed by atoms with E-state index in [4.69, 9.17) is 9.15 Å². The Labute approximate surface area is 115 Å². The second-order valence-electron chi connectivity index (χ2n) is 4.86. The SMILES string of the molecule is Fc1cccc(OCc2ccc(CNC3CC3)o2)c1F. The molecule has 0 radical (unpaired) electrons. The summed E-state index contributed by atoms with van der Waals surface area (Å²) in [5.74, 6) is -0.610. The van der Waals surface area contributed by atoms with Crippen LogP contribution in [0.4, 0.5) is 8.78 Å². The lowest BCUT2D eigenvalue weighted by atomic mass is 10.3. The highest BCUT2D eigenvalue weighted by molar-refractivity contribution is 5.25. The maximum Gasteiger partial charge on any atom is 0.200 e. The minimum Gasteiger partial charge on any atom is -0.482 e. The molecular weight excluding hydrogens is 264 g/mol. The van der Waals surface area contributed by atoms with E-state index in [1.807, 2.05) is 6.07 Å². The molecule has 3 nitrogen and oxygen atoms in total. The van der Waals surface area contributed by atoms with Gasteiger partial charge in [0.15, 0.2) is 11.6 Å². The first kappa shape index (κ1) is 13.1. The first-order valence-corrected chi connectivity index (χ1v) is 6.60. The van der Waals surface area contributed by atoms with E-state index in [1.165, 1.54) is 25.0 Å². The first-order chi connectivity index (χ1) is 9.72. The van der Waals surface area contributed by atoms with Crippen LogP contribution in [0.3, 0.4) is 0 Å². The molecule has 1 fully saturated rings. The molecule has 106 valence electrons. The van der Waals surface area contributed by atoms with Gasteiger partial charge in [-0.1, -0.05) is 6.07 Å². The molecule has 1 aliphatic carbocycles. The second kappa shape index (κ2) is 5.63. The van der Waals surface area contributed by atoms with Gasteiger partial charge in [0.25, 0.3) is 0 Å². The number of halogens is 2. The van der Waals surface area contributed by atoms with E-state index in [0.29, 0.717) is 18.3 Å². The Morgan fingerprint density at radius 3 is 2.75 bits per heavy atom. The van der Waals surface area contributed by atoms with Crippen LogP contribution in [0.5, 0.6) is 5.75 Å². The van der Waals surface area contributed by atoms with Crippen LogP contribution >= 0.6 is 0 Å². The highest BCUT2D eigenvalue weighted by atomic mass is 19.2. The summed E-state index contributed by atoms with van der Waals surface area (Å²) in [4.78, 5) is 0. The minimum atomic E-state index is -0.977. The lowest BCUT2D eigenvalue weighted by Gasteiger charge is -2.05. The van der Waals surface area contributed by atoms with Gasteiger partial charge >= 0.3 is 0 Å².